The van der Waals surface area contributed by atoms with Crippen LogP contribution in [-0.2, 0) is 6.42 Å². The quantitative estimate of drug-likeness (QED) is 0.0364. The predicted molar refractivity (Wildman–Crippen MR) is 152 cm³/mol. The minimum absolute atomic E-state index is 0.0236. The summed E-state index contributed by atoms with van der Waals surface area (Å²) in [7, 11) is 0. The van der Waals surface area contributed by atoms with Crippen molar-refractivity contribution in [1.82, 2.24) is 0 Å². The molecule has 0 amide bonds. The second kappa shape index (κ2) is 19.1. The van der Waals surface area contributed by atoms with Gasteiger partial charge in [0, 0.05) is 29.0 Å². The first-order valence-electron chi connectivity index (χ1n) is 13.2. The molecule has 0 heterocycles. The van der Waals surface area contributed by atoms with Crippen molar-refractivity contribution in [3.8, 4) is 12.3 Å². The molecule has 1 nitrogen and oxygen atoms in total. The summed E-state index contributed by atoms with van der Waals surface area (Å²) >= 11 is 9.74. The number of benzene rings is 1. The molecule has 0 aliphatic rings. The van der Waals surface area contributed by atoms with Crippen LogP contribution in [-0.4, -0.2) is 27.1 Å². The summed E-state index contributed by atoms with van der Waals surface area (Å²) in [5.41, 5.74) is 1.34. The van der Waals surface area contributed by atoms with Crippen LogP contribution in [0.1, 0.15) is 109 Å². The van der Waals surface area contributed by atoms with Gasteiger partial charge in [-0.05, 0) is 37.2 Å². The number of hydrogen-bond acceptors (Lipinski definition) is 0. The summed E-state index contributed by atoms with van der Waals surface area (Å²) in [4.78, 5) is 0. The number of unbranched alkanes of at least 4 members (excludes halogenated alkanes) is 12. The molecule has 2 atom stereocenters. The number of nitrogens with zero attached hydrogens (tertiary/aromatic N) is 1. The van der Waals surface area contributed by atoms with Crippen LogP contribution in [0.4, 0.5) is 0 Å². The summed E-state index contributed by atoms with van der Waals surface area (Å²) in [6.45, 7) is 6.76. The van der Waals surface area contributed by atoms with Gasteiger partial charge in [0.25, 0.3) is 0 Å². The third-order valence-electron chi connectivity index (χ3n) is 6.75. The third kappa shape index (κ3) is 11.8. The molecule has 0 spiro atoms. The standard InChI is InChI=1S/C29H48ClIN/c1-4-7-9-11-13-15-20-24-32(29(31)6-3,25-21-16-14-12-10-8-5-2)28(30)26-27-22-18-17-19-23-27/h3,17-19,22-23,28-29H,4-5,7-16,20-21,24-26H2,1-2H3/q+1. The van der Waals surface area contributed by atoms with Crippen molar-refractivity contribution < 1.29 is 4.48 Å². The molecule has 0 aliphatic heterocycles. The van der Waals surface area contributed by atoms with Gasteiger partial charge in [-0.2, -0.15) is 0 Å². The topological polar surface area (TPSA) is 0 Å². The molecule has 2 unspecified atom stereocenters. The maximum absolute atomic E-state index is 7.25. The van der Waals surface area contributed by atoms with Gasteiger partial charge >= 0.3 is 0 Å². The first-order chi connectivity index (χ1) is 15.6. The van der Waals surface area contributed by atoms with Crippen molar-refractivity contribution in [2.45, 2.75) is 120 Å². The molecule has 3 heteroatoms. The number of terminal acetylenes is 1. The molecule has 0 N–H and O–H groups in total. The minimum Gasteiger partial charge on any atom is -0.288 e. The Morgan fingerprint density at radius 1 is 0.781 bits per heavy atom. The SMILES string of the molecule is C#CC(I)[N+](CCCCCCCCC)(CCCCCCCCC)C(Cl)Cc1ccccc1. The first-order valence-corrected chi connectivity index (χ1v) is 14.9. The molecular weight excluding hydrogens is 525 g/mol. The molecule has 0 saturated carbocycles. The molecule has 182 valence electrons. The summed E-state index contributed by atoms with van der Waals surface area (Å²) in [6, 6.07) is 10.7. The van der Waals surface area contributed by atoms with E-state index in [0.29, 0.717) is 0 Å². The van der Waals surface area contributed by atoms with Gasteiger partial charge in [-0.3, -0.25) is 4.48 Å². The fourth-order valence-electron chi connectivity index (χ4n) is 4.63. The highest BCUT2D eigenvalue weighted by molar-refractivity contribution is 14.1. The third-order valence-corrected chi connectivity index (χ3v) is 8.76. The van der Waals surface area contributed by atoms with Crippen LogP contribution in [0, 0.1) is 12.3 Å². The zero-order chi connectivity index (χ0) is 23.5. The average Bonchev–Trinajstić information content (AvgIpc) is 2.81. The van der Waals surface area contributed by atoms with Gasteiger partial charge in [-0.15, -0.1) is 6.42 Å². The molecule has 32 heavy (non-hydrogen) atoms. The van der Waals surface area contributed by atoms with Crippen LogP contribution in [0.3, 0.4) is 0 Å². The van der Waals surface area contributed by atoms with Crippen molar-refractivity contribution in [2.24, 2.45) is 0 Å². The van der Waals surface area contributed by atoms with E-state index in [9.17, 15) is 0 Å². The van der Waals surface area contributed by atoms with E-state index in [4.69, 9.17) is 18.0 Å². The Hall–Kier alpha value is -0.240. The molecule has 0 saturated heterocycles. The van der Waals surface area contributed by atoms with Gasteiger partial charge in [0.15, 0.2) is 5.50 Å². The Balaban J connectivity index is 2.76. The normalized spacial score (nSPS) is 13.6. The zero-order valence-electron chi connectivity index (χ0n) is 20.8. The van der Waals surface area contributed by atoms with E-state index < -0.39 is 0 Å². The molecule has 1 rings (SSSR count). The van der Waals surface area contributed by atoms with E-state index in [0.717, 1.165) is 24.0 Å². The van der Waals surface area contributed by atoms with Crippen LogP contribution in [0.15, 0.2) is 30.3 Å². The number of alkyl halides is 2. The Bertz CT molecular complexity index is 579. The van der Waals surface area contributed by atoms with Gasteiger partial charge in [-0.1, -0.05) is 120 Å². The van der Waals surface area contributed by atoms with Crippen molar-refractivity contribution in [3.05, 3.63) is 35.9 Å². The predicted octanol–water partition coefficient (Wildman–Crippen LogP) is 9.51. The van der Waals surface area contributed by atoms with Gasteiger partial charge in [0.2, 0.25) is 4.05 Å². The van der Waals surface area contributed by atoms with Crippen LogP contribution < -0.4 is 0 Å². The summed E-state index contributed by atoms with van der Waals surface area (Å²) in [5, 5.41) is 0. The van der Waals surface area contributed by atoms with E-state index in [1.54, 1.807) is 0 Å². The zero-order valence-corrected chi connectivity index (χ0v) is 23.8. The van der Waals surface area contributed by atoms with Crippen LogP contribution >= 0.6 is 34.2 Å². The van der Waals surface area contributed by atoms with Gasteiger partial charge in [0.1, 0.15) is 0 Å². The van der Waals surface area contributed by atoms with E-state index in [1.807, 2.05) is 0 Å². The molecule has 0 fully saturated rings. The molecule has 0 aromatic heterocycles. The number of rotatable bonds is 20. The lowest BCUT2D eigenvalue weighted by Crippen LogP contribution is -2.59. The van der Waals surface area contributed by atoms with Gasteiger partial charge in [-0.25, -0.2) is 0 Å². The highest BCUT2D eigenvalue weighted by Crippen LogP contribution is 2.31. The van der Waals surface area contributed by atoms with Crippen molar-refractivity contribution in [3.63, 3.8) is 0 Å². The molecule has 1 aromatic rings. The Labute approximate surface area is 218 Å². The Morgan fingerprint density at radius 2 is 1.22 bits per heavy atom. The minimum atomic E-state index is 0.0236. The molecule has 0 bridgehead atoms. The van der Waals surface area contributed by atoms with Crippen LogP contribution in [0.25, 0.3) is 0 Å². The highest BCUT2D eigenvalue weighted by Gasteiger charge is 2.40. The number of hydrogen-bond donors (Lipinski definition) is 0. The van der Waals surface area contributed by atoms with Gasteiger partial charge in [0.05, 0.1) is 13.1 Å². The van der Waals surface area contributed by atoms with Crippen molar-refractivity contribution in [2.75, 3.05) is 13.1 Å². The molecule has 0 radical (unpaired) electrons. The smallest absolute Gasteiger partial charge is 0.201 e. The summed E-state index contributed by atoms with van der Waals surface area (Å²) < 4.78 is 0.983. The van der Waals surface area contributed by atoms with E-state index in [1.165, 1.54) is 95.5 Å². The highest BCUT2D eigenvalue weighted by atomic mass is 127. The van der Waals surface area contributed by atoms with E-state index in [2.05, 4.69) is 72.7 Å². The fraction of sp³-hybridized carbons (Fsp3) is 0.724. The maximum atomic E-state index is 7.25. The number of halogens is 2. The fourth-order valence-corrected chi connectivity index (χ4v) is 6.25. The number of quaternary nitrogens is 1. The lowest BCUT2D eigenvalue weighted by molar-refractivity contribution is -0.938. The van der Waals surface area contributed by atoms with Crippen molar-refractivity contribution in [1.29, 1.82) is 0 Å². The molecular formula is C29H48ClIN+. The van der Waals surface area contributed by atoms with Gasteiger partial charge < -0.3 is 0 Å². The van der Waals surface area contributed by atoms with Crippen LogP contribution in [0.2, 0.25) is 0 Å². The Morgan fingerprint density at radius 3 is 1.66 bits per heavy atom. The van der Waals surface area contributed by atoms with Crippen LogP contribution in [0.5, 0.6) is 0 Å². The largest absolute Gasteiger partial charge is 0.288 e. The molecule has 1 aromatic carbocycles. The Kier molecular flexibility index (Phi) is 17.8. The average molecular weight is 573 g/mol. The summed E-state index contributed by atoms with van der Waals surface area (Å²) in [6.07, 6.45) is 25.5. The van der Waals surface area contributed by atoms with E-state index >= 15 is 0 Å². The second-order valence-electron chi connectivity index (χ2n) is 9.42. The second-order valence-corrected chi connectivity index (χ2v) is 11.1. The molecule has 0 aliphatic carbocycles. The monoisotopic (exact) mass is 572 g/mol. The first kappa shape index (κ1) is 29.8. The van der Waals surface area contributed by atoms with Crippen molar-refractivity contribution >= 4 is 34.2 Å². The van der Waals surface area contributed by atoms with E-state index in [-0.39, 0.29) is 9.55 Å². The lowest BCUT2D eigenvalue weighted by atomic mass is 10.1. The maximum Gasteiger partial charge on any atom is 0.201 e. The lowest BCUT2D eigenvalue weighted by Gasteiger charge is -2.44. The summed E-state index contributed by atoms with van der Waals surface area (Å²) in [5.74, 6) is 3.08.